The topological polar surface area (TPSA) is 92.5 Å². The number of benzene rings is 1. The summed E-state index contributed by atoms with van der Waals surface area (Å²) in [6.07, 6.45) is 1.53. The predicted octanol–water partition coefficient (Wildman–Crippen LogP) is 2.00. The van der Waals surface area contributed by atoms with Crippen LogP contribution in [0.15, 0.2) is 18.2 Å². The average molecular weight is 285 g/mol. The zero-order valence-electron chi connectivity index (χ0n) is 10.1. The van der Waals surface area contributed by atoms with E-state index in [1.54, 1.807) is 0 Å². The predicted molar refractivity (Wildman–Crippen MR) is 69.4 cm³/mol. The quantitative estimate of drug-likeness (QED) is 0.651. The van der Waals surface area contributed by atoms with Crippen LogP contribution in [0.25, 0.3) is 0 Å². The molecule has 1 aromatic rings. The molecule has 0 amide bonds. The molecule has 19 heavy (non-hydrogen) atoms. The fraction of sp³-hybridized carbons (Fsp3) is 0.417. The van der Waals surface area contributed by atoms with Crippen molar-refractivity contribution in [3.8, 4) is 0 Å². The van der Waals surface area contributed by atoms with Crippen LogP contribution in [0, 0.1) is 10.1 Å². The van der Waals surface area contributed by atoms with Crippen molar-refractivity contribution in [3.63, 3.8) is 0 Å². The third kappa shape index (κ3) is 2.69. The van der Waals surface area contributed by atoms with Crippen molar-refractivity contribution in [1.29, 1.82) is 0 Å². The number of nitrogens with one attached hydrogen (secondary N) is 1. The number of carboxylic acids is 1. The van der Waals surface area contributed by atoms with Gasteiger partial charge < -0.3 is 10.4 Å². The van der Waals surface area contributed by atoms with Gasteiger partial charge in [0.05, 0.1) is 9.95 Å². The number of non-ortho nitro benzene ring substituents is 1. The van der Waals surface area contributed by atoms with Gasteiger partial charge in [0, 0.05) is 18.6 Å². The Morgan fingerprint density at radius 2 is 2.32 bits per heavy atom. The average Bonchev–Trinajstić information content (AvgIpc) is 2.81. The van der Waals surface area contributed by atoms with E-state index in [1.165, 1.54) is 18.2 Å². The van der Waals surface area contributed by atoms with Gasteiger partial charge in [-0.2, -0.15) is 0 Å². The Labute approximate surface area is 114 Å². The Hall–Kier alpha value is -1.66. The van der Waals surface area contributed by atoms with E-state index in [4.69, 9.17) is 11.6 Å². The van der Waals surface area contributed by atoms with Crippen LogP contribution in [0.1, 0.15) is 18.4 Å². The maximum atomic E-state index is 11.4. The molecule has 0 spiro atoms. The van der Waals surface area contributed by atoms with Crippen molar-refractivity contribution in [2.45, 2.75) is 24.8 Å². The Balaban J connectivity index is 2.28. The molecule has 1 saturated heterocycles. The summed E-state index contributed by atoms with van der Waals surface area (Å²) in [6, 6.07) is 4.11. The van der Waals surface area contributed by atoms with Gasteiger partial charge in [0.2, 0.25) is 0 Å². The lowest BCUT2D eigenvalue weighted by molar-refractivity contribution is -0.384. The van der Waals surface area contributed by atoms with Crippen molar-refractivity contribution in [2.24, 2.45) is 0 Å². The van der Waals surface area contributed by atoms with Gasteiger partial charge in [-0.25, -0.2) is 0 Å². The summed E-state index contributed by atoms with van der Waals surface area (Å²) in [5, 5.41) is 23.2. The highest BCUT2D eigenvalue weighted by molar-refractivity contribution is 6.31. The molecule has 1 aliphatic heterocycles. The molecule has 0 radical (unpaired) electrons. The molecular weight excluding hydrogens is 272 g/mol. The number of carbonyl (C=O) groups is 1. The second-order valence-electron chi connectivity index (χ2n) is 4.63. The van der Waals surface area contributed by atoms with Gasteiger partial charge in [0.1, 0.15) is 5.54 Å². The van der Waals surface area contributed by atoms with Crippen LogP contribution in [0.4, 0.5) is 5.69 Å². The summed E-state index contributed by atoms with van der Waals surface area (Å²) >= 11 is 5.99. The lowest BCUT2D eigenvalue weighted by atomic mass is 9.89. The highest BCUT2D eigenvalue weighted by atomic mass is 35.5. The number of nitro groups is 1. The fourth-order valence-electron chi connectivity index (χ4n) is 2.33. The normalized spacial score (nSPS) is 22.4. The van der Waals surface area contributed by atoms with Gasteiger partial charge >= 0.3 is 5.97 Å². The Morgan fingerprint density at radius 3 is 2.79 bits per heavy atom. The van der Waals surface area contributed by atoms with E-state index < -0.39 is 16.4 Å². The maximum absolute atomic E-state index is 11.4. The van der Waals surface area contributed by atoms with Crippen LogP contribution in [-0.2, 0) is 11.2 Å². The Kier molecular flexibility index (Phi) is 3.73. The van der Waals surface area contributed by atoms with E-state index in [1.807, 2.05) is 0 Å². The standard InChI is InChI=1S/C12H13ClN2O4/c13-10-6-9(15(18)19)3-2-8(10)7-12(11(16)17)4-1-5-14-12/h2-3,6,14H,1,4-5,7H2,(H,16,17). The summed E-state index contributed by atoms with van der Waals surface area (Å²) in [5.74, 6) is -0.917. The van der Waals surface area contributed by atoms with Crippen molar-refractivity contribution in [1.82, 2.24) is 5.32 Å². The molecule has 2 rings (SSSR count). The maximum Gasteiger partial charge on any atom is 0.324 e. The largest absolute Gasteiger partial charge is 0.480 e. The number of hydrogen-bond acceptors (Lipinski definition) is 4. The van der Waals surface area contributed by atoms with Gasteiger partial charge in [-0.15, -0.1) is 0 Å². The molecule has 1 heterocycles. The molecule has 2 N–H and O–H groups in total. The zero-order valence-corrected chi connectivity index (χ0v) is 10.8. The lowest BCUT2D eigenvalue weighted by Gasteiger charge is -2.24. The summed E-state index contributed by atoms with van der Waals surface area (Å²) < 4.78 is 0. The number of halogens is 1. The van der Waals surface area contributed by atoms with Crippen LogP contribution in [-0.4, -0.2) is 28.1 Å². The van der Waals surface area contributed by atoms with Crippen molar-refractivity contribution >= 4 is 23.3 Å². The second kappa shape index (κ2) is 5.14. The third-order valence-electron chi connectivity index (χ3n) is 3.39. The number of nitro benzene ring substituents is 1. The number of nitrogens with zero attached hydrogens (tertiary/aromatic N) is 1. The van der Waals surface area contributed by atoms with E-state index in [2.05, 4.69) is 5.32 Å². The van der Waals surface area contributed by atoms with E-state index in [0.29, 0.717) is 18.5 Å². The monoisotopic (exact) mass is 284 g/mol. The number of carboxylic acid groups (broad SMARTS) is 1. The van der Waals surface area contributed by atoms with E-state index >= 15 is 0 Å². The molecule has 0 bridgehead atoms. The van der Waals surface area contributed by atoms with E-state index in [9.17, 15) is 20.0 Å². The molecule has 1 aromatic carbocycles. The molecule has 0 saturated carbocycles. The summed E-state index contributed by atoms with van der Waals surface area (Å²) in [6.45, 7) is 0.650. The summed E-state index contributed by atoms with van der Waals surface area (Å²) in [7, 11) is 0. The Morgan fingerprint density at radius 1 is 1.58 bits per heavy atom. The van der Waals surface area contributed by atoms with Crippen molar-refractivity contribution in [2.75, 3.05) is 6.54 Å². The highest BCUT2D eigenvalue weighted by Crippen LogP contribution is 2.30. The molecule has 0 aromatic heterocycles. The molecule has 1 atom stereocenters. The van der Waals surface area contributed by atoms with Crippen LogP contribution in [0.3, 0.4) is 0 Å². The summed E-state index contributed by atoms with van der Waals surface area (Å²) in [4.78, 5) is 21.5. The molecule has 1 aliphatic rings. The minimum absolute atomic E-state index is 0.0995. The van der Waals surface area contributed by atoms with Crippen molar-refractivity contribution in [3.05, 3.63) is 38.9 Å². The second-order valence-corrected chi connectivity index (χ2v) is 5.03. The number of rotatable bonds is 4. The van der Waals surface area contributed by atoms with Gasteiger partial charge in [-0.05, 0) is 24.9 Å². The first-order valence-corrected chi connectivity index (χ1v) is 6.24. The lowest BCUT2D eigenvalue weighted by Crippen LogP contribution is -2.49. The zero-order chi connectivity index (χ0) is 14.0. The minimum atomic E-state index is -1.01. The van der Waals surface area contributed by atoms with Crippen molar-refractivity contribution < 1.29 is 14.8 Å². The molecule has 1 unspecified atom stereocenters. The molecule has 6 nitrogen and oxygen atoms in total. The first-order valence-electron chi connectivity index (χ1n) is 5.86. The number of aliphatic carboxylic acids is 1. The number of hydrogen-bond donors (Lipinski definition) is 2. The van der Waals surface area contributed by atoms with Crippen LogP contribution in [0.5, 0.6) is 0 Å². The van der Waals surface area contributed by atoms with Crippen LogP contribution < -0.4 is 5.32 Å². The van der Waals surface area contributed by atoms with Gasteiger partial charge in [0.25, 0.3) is 5.69 Å². The van der Waals surface area contributed by atoms with E-state index in [-0.39, 0.29) is 17.1 Å². The SMILES string of the molecule is O=C(O)C1(Cc2ccc([N+](=O)[O-])cc2Cl)CCCN1. The summed E-state index contributed by atoms with van der Waals surface area (Å²) in [5.41, 5.74) is -0.513. The molecule has 1 fully saturated rings. The first kappa shape index (κ1) is 13.8. The molecule has 0 aliphatic carbocycles. The van der Waals surface area contributed by atoms with Crippen LogP contribution in [0.2, 0.25) is 5.02 Å². The van der Waals surface area contributed by atoms with Crippen LogP contribution >= 0.6 is 11.6 Å². The van der Waals surface area contributed by atoms with Gasteiger partial charge in [-0.3, -0.25) is 14.9 Å². The van der Waals surface area contributed by atoms with Gasteiger partial charge in [-0.1, -0.05) is 17.7 Å². The minimum Gasteiger partial charge on any atom is -0.480 e. The molecule has 7 heteroatoms. The first-order chi connectivity index (χ1) is 8.94. The third-order valence-corrected chi connectivity index (χ3v) is 3.74. The highest BCUT2D eigenvalue weighted by Gasteiger charge is 2.41. The molecular formula is C12H13ClN2O4. The fourth-order valence-corrected chi connectivity index (χ4v) is 2.58. The molecule has 102 valence electrons. The Bertz CT molecular complexity index is 526. The smallest absolute Gasteiger partial charge is 0.324 e. The van der Waals surface area contributed by atoms with Gasteiger partial charge in [0.15, 0.2) is 0 Å². The van der Waals surface area contributed by atoms with E-state index in [0.717, 1.165) is 6.42 Å².